The van der Waals surface area contributed by atoms with Crippen LogP contribution in [0.25, 0.3) is 0 Å². The highest BCUT2D eigenvalue weighted by Crippen LogP contribution is 1.73. The highest BCUT2D eigenvalue weighted by atomic mass is 35.5. The monoisotopic (exact) mass is 117 g/mol. The lowest BCUT2D eigenvalue weighted by atomic mass is 10.7. The molecular formula is C3H4ClN3. The Hall–Kier alpha value is -0.750. The van der Waals surface area contributed by atoms with Gasteiger partial charge in [0.05, 0.1) is 0 Å². The van der Waals surface area contributed by atoms with Gasteiger partial charge in [0, 0.05) is 0 Å². The Labute approximate surface area is 46.4 Å². The number of nitrogens with zero attached hydrogens (tertiary/aromatic N) is 2. The summed E-state index contributed by atoms with van der Waals surface area (Å²) in [4.78, 5) is 3.34. The molecule has 2 N–H and O–H groups in total. The van der Waals surface area contributed by atoms with E-state index in [1.165, 1.54) is 0 Å². The van der Waals surface area contributed by atoms with Crippen molar-refractivity contribution in [3.05, 3.63) is 0 Å². The van der Waals surface area contributed by atoms with Crippen LogP contribution < -0.4 is 5.73 Å². The first-order valence-electron chi connectivity index (χ1n) is 1.57. The number of hydrogen-bond acceptors (Lipinski definition) is 2. The summed E-state index contributed by atoms with van der Waals surface area (Å²) >= 11 is 5.06. The normalized spacial score (nSPS) is 10.6. The molecule has 0 amide bonds. The van der Waals surface area contributed by atoms with E-state index in [1.807, 2.05) is 0 Å². The van der Waals surface area contributed by atoms with Gasteiger partial charge in [-0.3, -0.25) is 0 Å². The number of halogens is 1. The van der Waals surface area contributed by atoms with E-state index in [2.05, 4.69) is 4.99 Å². The van der Waals surface area contributed by atoms with Crippen molar-refractivity contribution in [1.82, 2.24) is 0 Å². The molecule has 0 aromatic carbocycles. The Morgan fingerprint density at radius 1 is 2.00 bits per heavy atom. The summed E-state index contributed by atoms with van der Waals surface area (Å²) in [7, 11) is 0. The zero-order valence-electron chi connectivity index (χ0n) is 3.56. The molecule has 0 aliphatic carbocycles. The molecule has 0 rings (SSSR count). The highest BCUT2D eigenvalue weighted by molar-refractivity contribution is 6.18. The van der Waals surface area contributed by atoms with Gasteiger partial charge in [0.25, 0.3) is 0 Å². The second kappa shape index (κ2) is 3.44. The van der Waals surface area contributed by atoms with E-state index in [1.54, 1.807) is 6.07 Å². The highest BCUT2D eigenvalue weighted by Gasteiger charge is 1.78. The number of rotatable bonds is 1. The lowest BCUT2D eigenvalue weighted by Crippen LogP contribution is -2.07. The summed E-state index contributed by atoms with van der Waals surface area (Å²) < 4.78 is 0. The second-order valence-electron chi connectivity index (χ2n) is 0.775. The quantitative estimate of drug-likeness (QED) is 0.229. The van der Waals surface area contributed by atoms with E-state index in [4.69, 9.17) is 22.6 Å². The van der Waals surface area contributed by atoms with Gasteiger partial charge in [-0.05, 0) is 0 Å². The van der Waals surface area contributed by atoms with Gasteiger partial charge in [0.1, 0.15) is 12.1 Å². The molecule has 0 atom stereocenters. The maximum Gasteiger partial charge on any atom is 0.199 e. The van der Waals surface area contributed by atoms with Crippen LogP contribution >= 0.6 is 11.6 Å². The molecule has 0 bridgehead atoms. The van der Waals surface area contributed by atoms with Gasteiger partial charge in [0.2, 0.25) is 0 Å². The zero-order chi connectivity index (χ0) is 5.70. The van der Waals surface area contributed by atoms with Gasteiger partial charge in [-0.15, -0.1) is 11.6 Å². The summed E-state index contributed by atoms with van der Waals surface area (Å²) in [5.41, 5.74) is 4.89. The van der Waals surface area contributed by atoms with Crippen LogP contribution in [0.2, 0.25) is 0 Å². The molecule has 0 aromatic heterocycles. The summed E-state index contributed by atoms with van der Waals surface area (Å²) in [5, 5.41) is 7.90. The topological polar surface area (TPSA) is 62.2 Å². The van der Waals surface area contributed by atoms with Gasteiger partial charge in [-0.2, -0.15) is 5.26 Å². The molecule has 0 aliphatic heterocycles. The SMILES string of the molecule is N#C/C(N)=N\CCl. The summed E-state index contributed by atoms with van der Waals surface area (Å²) in [6.45, 7) is 0. The number of alkyl halides is 1. The Morgan fingerprint density at radius 3 is 2.71 bits per heavy atom. The molecule has 38 valence electrons. The zero-order valence-corrected chi connectivity index (χ0v) is 4.31. The lowest BCUT2D eigenvalue weighted by Gasteiger charge is -1.77. The third-order valence-electron chi connectivity index (χ3n) is 0.345. The van der Waals surface area contributed by atoms with Crippen molar-refractivity contribution in [2.75, 3.05) is 6.00 Å². The Bertz CT molecular complexity index is 112. The number of nitriles is 1. The van der Waals surface area contributed by atoms with Crippen LogP contribution in [-0.2, 0) is 0 Å². The number of amidine groups is 1. The third-order valence-corrected chi connectivity index (χ3v) is 0.464. The molecule has 0 unspecified atom stereocenters. The van der Waals surface area contributed by atoms with E-state index < -0.39 is 0 Å². The van der Waals surface area contributed by atoms with Crippen LogP contribution in [0.3, 0.4) is 0 Å². The molecular weight excluding hydrogens is 114 g/mol. The predicted molar refractivity (Wildman–Crippen MR) is 28.0 cm³/mol. The molecule has 3 nitrogen and oxygen atoms in total. The van der Waals surface area contributed by atoms with Crippen LogP contribution in [0.4, 0.5) is 0 Å². The van der Waals surface area contributed by atoms with Crippen LogP contribution in [-0.4, -0.2) is 11.8 Å². The van der Waals surface area contributed by atoms with Crippen LogP contribution in [0.1, 0.15) is 0 Å². The fourth-order valence-electron chi connectivity index (χ4n) is 0.0997. The van der Waals surface area contributed by atoms with Crippen LogP contribution in [0.15, 0.2) is 4.99 Å². The molecule has 0 radical (unpaired) electrons. The summed E-state index contributed by atoms with van der Waals surface area (Å²) in [6, 6.07) is 1.66. The van der Waals surface area contributed by atoms with Crippen molar-refractivity contribution >= 4 is 17.4 Å². The van der Waals surface area contributed by atoms with E-state index in [9.17, 15) is 0 Å². The number of hydrogen-bond donors (Lipinski definition) is 1. The minimum Gasteiger partial charge on any atom is -0.375 e. The maximum absolute atomic E-state index is 7.90. The van der Waals surface area contributed by atoms with Gasteiger partial charge in [-0.1, -0.05) is 0 Å². The number of aliphatic imine (C=N–C) groups is 1. The lowest BCUT2D eigenvalue weighted by molar-refractivity contribution is 1.34. The van der Waals surface area contributed by atoms with Crippen molar-refractivity contribution in [3.8, 4) is 6.07 Å². The van der Waals surface area contributed by atoms with E-state index >= 15 is 0 Å². The van der Waals surface area contributed by atoms with E-state index in [-0.39, 0.29) is 11.8 Å². The minimum atomic E-state index is -0.0741. The molecule has 0 saturated carbocycles. The standard InChI is InChI=1S/C3H4ClN3/c4-2-7-3(6)1-5/h2H2,(H2,6,7). The Balaban J connectivity index is 3.57. The first kappa shape index (κ1) is 6.25. The first-order chi connectivity index (χ1) is 3.31. The Morgan fingerprint density at radius 2 is 2.57 bits per heavy atom. The van der Waals surface area contributed by atoms with Gasteiger partial charge in [-0.25, -0.2) is 4.99 Å². The smallest absolute Gasteiger partial charge is 0.199 e. The predicted octanol–water partition coefficient (Wildman–Crippen LogP) is 0.0635. The minimum absolute atomic E-state index is 0.0550. The van der Waals surface area contributed by atoms with Crippen molar-refractivity contribution in [1.29, 1.82) is 5.26 Å². The molecule has 0 saturated heterocycles. The van der Waals surface area contributed by atoms with Crippen LogP contribution in [0, 0.1) is 11.3 Å². The number of nitrogens with two attached hydrogens (primary N) is 1. The molecule has 0 aromatic rings. The van der Waals surface area contributed by atoms with Crippen molar-refractivity contribution in [2.45, 2.75) is 0 Å². The van der Waals surface area contributed by atoms with Crippen molar-refractivity contribution in [3.63, 3.8) is 0 Å². The molecule has 0 heterocycles. The first-order valence-corrected chi connectivity index (χ1v) is 2.10. The fourth-order valence-corrected chi connectivity index (χ4v) is 0.229. The largest absolute Gasteiger partial charge is 0.375 e. The molecule has 7 heavy (non-hydrogen) atoms. The maximum atomic E-state index is 7.90. The molecule has 4 heteroatoms. The third kappa shape index (κ3) is 3.07. The van der Waals surface area contributed by atoms with Gasteiger partial charge in [0.15, 0.2) is 5.84 Å². The summed E-state index contributed by atoms with van der Waals surface area (Å²) in [6.07, 6.45) is 0. The van der Waals surface area contributed by atoms with E-state index in [0.29, 0.717) is 0 Å². The average Bonchev–Trinajstić information content (AvgIpc) is 1.68. The Kier molecular flexibility index (Phi) is 3.07. The second-order valence-corrected chi connectivity index (χ2v) is 1.01. The van der Waals surface area contributed by atoms with Crippen molar-refractivity contribution in [2.24, 2.45) is 10.7 Å². The van der Waals surface area contributed by atoms with E-state index in [0.717, 1.165) is 0 Å². The van der Waals surface area contributed by atoms with Crippen LogP contribution in [0.5, 0.6) is 0 Å². The van der Waals surface area contributed by atoms with Gasteiger partial charge < -0.3 is 5.73 Å². The average molecular weight is 118 g/mol. The fraction of sp³-hybridized carbons (Fsp3) is 0.333. The molecule has 0 fully saturated rings. The molecule has 0 spiro atoms. The van der Waals surface area contributed by atoms with Crippen molar-refractivity contribution < 1.29 is 0 Å². The molecule has 0 aliphatic rings. The summed E-state index contributed by atoms with van der Waals surface area (Å²) in [5.74, 6) is -0.0741. The van der Waals surface area contributed by atoms with Gasteiger partial charge >= 0.3 is 0 Å².